The summed E-state index contributed by atoms with van der Waals surface area (Å²) in [5, 5.41) is 9.54. The minimum Gasteiger partial charge on any atom is -0.496 e. The van der Waals surface area contributed by atoms with Crippen molar-refractivity contribution >= 4 is 29.3 Å². The number of nitrogens with zero attached hydrogens (tertiary/aromatic N) is 2. The van der Waals surface area contributed by atoms with Crippen molar-refractivity contribution in [3.63, 3.8) is 0 Å². The van der Waals surface area contributed by atoms with Crippen LogP contribution in [0.15, 0.2) is 24.3 Å². The molecule has 8 heteroatoms. The van der Waals surface area contributed by atoms with Gasteiger partial charge in [-0.2, -0.15) is 4.98 Å². The zero-order valence-electron chi connectivity index (χ0n) is 14.5. The first-order valence-corrected chi connectivity index (χ1v) is 8.36. The van der Waals surface area contributed by atoms with Gasteiger partial charge in [0.05, 0.1) is 12.7 Å². The third-order valence-corrected chi connectivity index (χ3v) is 3.55. The van der Waals surface area contributed by atoms with Gasteiger partial charge in [0.1, 0.15) is 11.6 Å². The molecular formula is C17H22ClN5O2. The van der Waals surface area contributed by atoms with E-state index in [1.807, 2.05) is 19.9 Å². The molecule has 0 atom stereocenters. The number of aromatic nitrogens is 2. The highest BCUT2D eigenvalue weighted by Crippen LogP contribution is 2.22. The summed E-state index contributed by atoms with van der Waals surface area (Å²) in [5.74, 6) is 1.52. The van der Waals surface area contributed by atoms with Crippen LogP contribution in [0.3, 0.4) is 0 Å². The Balaban J connectivity index is 1.89. The van der Waals surface area contributed by atoms with Crippen LogP contribution in [0.25, 0.3) is 0 Å². The van der Waals surface area contributed by atoms with Crippen molar-refractivity contribution in [2.75, 3.05) is 37.4 Å². The number of hydrogen-bond donors (Lipinski definition) is 3. The fourth-order valence-electron chi connectivity index (χ4n) is 2.22. The number of benzene rings is 1. The first-order chi connectivity index (χ1) is 12.0. The van der Waals surface area contributed by atoms with Crippen LogP contribution in [0.4, 0.5) is 11.8 Å². The first kappa shape index (κ1) is 18.8. The molecule has 1 amide bonds. The molecule has 0 saturated carbocycles. The molecule has 3 N–H and O–H groups in total. The maximum atomic E-state index is 12.3. The van der Waals surface area contributed by atoms with E-state index in [9.17, 15) is 4.79 Å². The quantitative estimate of drug-likeness (QED) is 0.625. The maximum Gasteiger partial charge on any atom is 0.255 e. The number of hydrogen-bond acceptors (Lipinski definition) is 6. The Morgan fingerprint density at radius 3 is 2.72 bits per heavy atom. The Bertz CT molecular complexity index is 739. The van der Waals surface area contributed by atoms with Gasteiger partial charge in [-0.05, 0) is 32.0 Å². The third kappa shape index (κ3) is 5.49. The van der Waals surface area contributed by atoms with E-state index in [1.54, 1.807) is 18.2 Å². The van der Waals surface area contributed by atoms with Crippen LogP contribution in [-0.2, 0) is 0 Å². The third-order valence-electron chi connectivity index (χ3n) is 3.31. The van der Waals surface area contributed by atoms with Gasteiger partial charge in [0, 0.05) is 36.4 Å². The minimum atomic E-state index is -0.250. The van der Waals surface area contributed by atoms with Crippen LogP contribution >= 0.6 is 11.6 Å². The van der Waals surface area contributed by atoms with E-state index in [1.165, 1.54) is 7.11 Å². The maximum absolute atomic E-state index is 12.3. The first-order valence-electron chi connectivity index (χ1n) is 7.98. The number of methoxy groups -OCH3 is 1. The summed E-state index contributed by atoms with van der Waals surface area (Å²) >= 11 is 5.94. The van der Waals surface area contributed by atoms with Crippen molar-refractivity contribution in [1.82, 2.24) is 15.3 Å². The molecule has 1 aromatic carbocycles. The highest BCUT2D eigenvalue weighted by atomic mass is 35.5. The summed E-state index contributed by atoms with van der Waals surface area (Å²) in [5.41, 5.74) is 1.26. The van der Waals surface area contributed by atoms with Gasteiger partial charge in [0.15, 0.2) is 0 Å². The van der Waals surface area contributed by atoms with E-state index in [0.717, 1.165) is 18.1 Å². The van der Waals surface area contributed by atoms with Crippen molar-refractivity contribution in [2.24, 2.45) is 0 Å². The summed E-state index contributed by atoms with van der Waals surface area (Å²) in [6, 6.07) is 6.80. The lowest BCUT2D eigenvalue weighted by atomic mass is 10.2. The predicted molar refractivity (Wildman–Crippen MR) is 99.8 cm³/mol. The molecule has 1 heterocycles. The van der Waals surface area contributed by atoms with E-state index in [0.29, 0.717) is 35.4 Å². The number of amides is 1. The normalized spacial score (nSPS) is 10.2. The SMILES string of the molecule is CCNc1cc(C)nc(NCCNC(=O)c2cc(Cl)ccc2OC)n1. The van der Waals surface area contributed by atoms with Gasteiger partial charge >= 0.3 is 0 Å². The average Bonchev–Trinajstić information content (AvgIpc) is 2.58. The molecule has 0 fully saturated rings. The average molecular weight is 364 g/mol. The summed E-state index contributed by atoms with van der Waals surface area (Å²) < 4.78 is 5.18. The zero-order valence-corrected chi connectivity index (χ0v) is 15.3. The second-order valence-corrected chi connectivity index (χ2v) is 5.71. The molecule has 0 radical (unpaired) electrons. The highest BCUT2D eigenvalue weighted by molar-refractivity contribution is 6.31. The van der Waals surface area contributed by atoms with Crippen LogP contribution in [0.2, 0.25) is 5.02 Å². The van der Waals surface area contributed by atoms with Gasteiger partial charge in [-0.1, -0.05) is 11.6 Å². The molecule has 134 valence electrons. The topological polar surface area (TPSA) is 88.2 Å². The summed E-state index contributed by atoms with van der Waals surface area (Å²) in [6.45, 7) is 5.59. The van der Waals surface area contributed by atoms with Crippen LogP contribution in [0, 0.1) is 6.92 Å². The van der Waals surface area contributed by atoms with Crippen molar-refractivity contribution in [2.45, 2.75) is 13.8 Å². The second kappa shape index (κ2) is 9.08. The van der Waals surface area contributed by atoms with Crippen LogP contribution in [-0.4, -0.2) is 42.6 Å². The molecule has 0 spiro atoms. The molecule has 2 rings (SSSR count). The molecule has 2 aromatic rings. The largest absolute Gasteiger partial charge is 0.496 e. The number of ether oxygens (including phenoxy) is 1. The zero-order chi connectivity index (χ0) is 18.2. The van der Waals surface area contributed by atoms with Crippen molar-refractivity contribution in [3.05, 3.63) is 40.5 Å². The molecule has 0 aliphatic carbocycles. The summed E-state index contributed by atoms with van der Waals surface area (Å²) in [6.07, 6.45) is 0. The summed E-state index contributed by atoms with van der Waals surface area (Å²) in [7, 11) is 1.51. The van der Waals surface area contributed by atoms with Gasteiger partial charge in [-0.25, -0.2) is 4.98 Å². The van der Waals surface area contributed by atoms with E-state index < -0.39 is 0 Å². The molecule has 0 saturated heterocycles. The number of rotatable bonds is 8. The molecule has 25 heavy (non-hydrogen) atoms. The lowest BCUT2D eigenvalue weighted by Gasteiger charge is -2.11. The van der Waals surface area contributed by atoms with Crippen molar-refractivity contribution in [1.29, 1.82) is 0 Å². The van der Waals surface area contributed by atoms with Crippen molar-refractivity contribution in [3.8, 4) is 5.75 Å². The van der Waals surface area contributed by atoms with Gasteiger partial charge in [0.2, 0.25) is 5.95 Å². The van der Waals surface area contributed by atoms with Crippen LogP contribution in [0.1, 0.15) is 23.0 Å². The molecule has 0 aliphatic rings. The fraction of sp³-hybridized carbons (Fsp3) is 0.353. The molecule has 0 aliphatic heterocycles. The van der Waals surface area contributed by atoms with Crippen LogP contribution < -0.4 is 20.7 Å². The predicted octanol–water partition coefficient (Wildman–Crippen LogP) is 2.72. The van der Waals surface area contributed by atoms with E-state index >= 15 is 0 Å². The number of anilines is 2. The molecule has 1 aromatic heterocycles. The van der Waals surface area contributed by atoms with Gasteiger partial charge in [-0.15, -0.1) is 0 Å². The lowest BCUT2D eigenvalue weighted by molar-refractivity contribution is 0.0952. The highest BCUT2D eigenvalue weighted by Gasteiger charge is 2.12. The smallest absolute Gasteiger partial charge is 0.255 e. The number of carbonyl (C=O) groups excluding carboxylic acids is 1. The molecule has 7 nitrogen and oxygen atoms in total. The Hall–Kier alpha value is -2.54. The Morgan fingerprint density at radius 2 is 2.00 bits per heavy atom. The minimum absolute atomic E-state index is 0.250. The number of nitrogens with one attached hydrogen (secondary N) is 3. The van der Waals surface area contributed by atoms with Crippen LogP contribution in [0.5, 0.6) is 5.75 Å². The number of carbonyl (C=O) groups is 1. The van der Waals surface area contributed by atoms with E-state index in [4.69, 9.17) is 16.3 Å². The Kier molecular flexibility index (Phi) is 6.82. The van der Waals surface area contributed by atoms with Gasteiger partial charge < -0.3 is 20.7 Å². The number of aryl methyl sites for hydroxylation is 1. The lowest BCUT2D eigenvalue weighted by Crippen LogP contribution is -2.29. The van der Waals surface area contributed by atoms with E-state index in [-0.39, 0.29) is 5.91 Å². The monoisotopic (exact) mass is 363 g/mol. The summed E-state index contributed by atoms with van der Waals surface area (Å²) in [4.78, 5) is 20.9. The van der Waals surface area contributed by atoms with Crippen molar-refractivity contribution < 1.29 is 9.53 Å². The Labute approximate surface area is 152 Å². The fourth-order valence-corrected chi connectivity index (χ4v) is 2.39. The van der Waals surface area contributed by atoms with E-state index in [2.05, 4.69) is 25.9 Å². The second-order valence-electron chi connectivity index (χ2n) is 5.28. The van der Waals surface area contributed by atoms with Gasteiger partial charge in [0.25, 0.3) is 5.91 Å². The standard InChI is InChI=1S/C17H22ClN5O2/c1-4-19-15-9-11(2)22-17(23-15)21-8-7-20-16(24)13-10-12(18)5-6-14(13)25-3/h5-6,9-10H,4,7-8H2,1-3H3,(H,20,24)(H2,19,21,22,23). The van der Waals surface area contributed by atoms with Gasteiger partial charge in [-0.3, -0.25) is 4.79 Å². The Morgan fingerprint density at radius 1 is 1.20 bits per heavy atom. The molecular weight excluding hydrogens is 342 g/mol. The number of halogens is 1. The molecule has 0 unspecified atom stereocenters. The molecule has 0 bridgehead atoms.